The van der Waals surface area contributed by atoms with Crippen molar-refractivity contribution in [3.8, 4) is 0 Å². The van der Waals surface area contributed by atoms with E-state index < -0.39 is 4.92 Å². The molecule has 0 fully saturated rings. The number of benzene rings is 1. The molecule has 0 atom stereocenters. The van der Waals surface area contributed by atoms with Gasteiger partial charge in [-0.3, -0.25) is 20.1 Å². The van der Waals surface area contributed by atoms with Crippen LogP contribution in [0.5, 0.6) is 0 Å². The highest BCUT2D eigenvalue weighted by molar-refractivity contribution is 5.28. The minimum Gasteiger partial charge on any atom is -0.281 e. The lowest BCUT2D eigenvalue weighted by Crippen LogP contribution is -2.29. The quantitative estimate of drug-likeness (QED) is 0.442. The van der Waals surface area contributed by atoms with Crippen LogP contribution in [0.2, 0.25) is 0 Å². The van der Waals surface area contributed by atoms with Gasteiger partial charge in [0.1, 0.15) is 0 Å². The van der Waals surface area contributed by atoms with Crippen molar-refractivity contribution in [3.63, 3.8) is 0 Å². The van der Waals surface area contributed by atoms with Crippen molar-refractivity contribution in [1.82, 2.24) is 0 Å². The molecule has 0 bridgehead atoms. The van der Waals surface area contributed by atoms with Gasteiger partial charge < -0.3 is 0 Å². The van der Waals surface area contributed by atoms with Crippen LogP contribution < -0.4 is 10.7 Å². The zero-order valence-electron chi connectivity index (χ0n) is 6.80. The second kappa shape index (κ2) is 2.93. The fraction of sp³-hybridized carbons (Fsp3) is 0.250. The van der Waals surface area contributed by atoms with Crippen molar-refractivity contribution in [2.45, 2.75) is 0 Å². The Hall–Kier alpha value is -1.78. The Morgan fingerprint density at radius 1 is 1.23 bits per heavy atom. The summed E-state index contributed by atoms with van der Waals surface area (Å²) < 4.78 is 0. The van der Waals surface area contributed by atoms with E-state index in [2.05, 4.69) is 9.98 Å². The highest BCUT2D eigenvalue weighted by atomic mass is 16.6. The standard InChI is InChI=1S/C8H7N3O2/c12-11(13)6-1-2-7-8(5-6)10-4-3-9-7/h1-2,5H,3-4H2. The summed E-state index contributed by atoms with van der Waals surface area (Å²) >= 11 is 0. The molecule has 13 heavy (non-hydrogen) atoms. The molecule has 0 saturated heterocycles. The molecular weight excluding hydrogens is 170 g/mol. The number of nitro benzene ring substituents is 1. The summed E-state index contributed by atoms with van der Waals surface area (Å²) in [5.41, 5.74) is 0.0691. The molecule has 0 radical (unpaired) electrons. The average molecular weight is 177 g/mol. The maximum Gasteiger partial charge on any atom is 0.271 e. The minimum absolute atomic E-state index is 0.0691. The summed E-state index contributed by atoms with van der Waals surface area (Å²) in [6, 6.07) is 4.54. The molecule has 2 rings (SSSR count). The van der Waals surface area contributed by atoms with E-state index in [1.807, 2.05) is 0 Å². The monoisotopic (exact) mass is 177 g/mol. The summed E-state index contributed by atoms with van der Waals surface area (Å²) in [5.74, 6) is 0. The summed E-state index contributed by atoms with van der Waals surface area (Å²) in [6.07, 6.45) is 0. The lowest BCUT2D eigenvalue weighted by molar-refractivity contribution is -0.385. The molecule has 1 aliphatic heterocycles. The van der Waals surface area contributed by atoms with Crippen LogP contribution in [-0.4, -0.2) is 18.0 Å². The zero-order valence-corrected chi connectivity index (χ0v) is 6.80. The van der Waals surface area contributed by atoms with Crippen LogP contribution in [-0.2, 0) is 0 Å². The molecule has 0 aromatic heterocycles. The van der Waals surface area contributed by atoms with Gasteiger partial charge in [-0.2, -0.15) is 0 Å². The predicted molar refractivity (Wildman–Crippen MR) is 45.1 cm³/mol. The van der Waals surface area contributed by atoms with Gasteiger partial charge in [-0.05, 0) is 6.07 Å². The van der Waals surface area contributed by atoms with E-state index >= 15 is 0 Å². The van der Waals surface area contributed by atoms with E-state index in [1.165, 1.54) is 12.1 Å². The lowest BCUT2D eigenvalue weighted by Gasteiger charge is -1.98. The Bertz CT molecular complexity index is 467. The van der Waals surface area contributed by atoms with Gasteiger partial charge in [0.25, 0.3) is 5.69 Å². The molecule has 0 unspecified atom stereocenters. The van der Waals surface area contributed by atoms with Crippen molar-refractivity contribution in [2.24, 2.45) is 9.98 Å². The summed E-state index contributed by atoms with van der Waals surface area (Å²) in [4.78, 5) is 18.3. The molecule has 0 N–H and O–H groups in total. The summed E-state index contributed by atoms with van der Waals surface area (Å²) in [5, 5.41) is 11.8. The smallest absolute Gasteiger partial charge is 0.271 e. The highest BCUT2D eigenvalue weighted by Crippen LogP contribution is 2.03. The molecule has 1 heterocycles. The van der Waals surface area contributed by atoms with E-state index in [4.69, 9.17) is 0 Å². The molecule has 1 aromatic carbocycles. The topological polar surface area (TPSA) is 67.9 Å². The Labute approximate surface area is 73.6 Å². The summed E-state index contributed by atoms with van der Waals surface area (Å²) in [6.45, 7) is 1.29. The van der Waals surface area contributed by atoms with Crippen molar-refractivity contribution < 1.29 is 4.92 Å². The van der Waals surface area contributed by atoms with Gasteiger partial charge in [-0.15, -0.1) is 0 Å². The Morgan fingerprint density at radius 3 is 2.62 bits per heavy atom. The second-order valence-corrected chi connectivity index (χ2v) is 2.69. The normalized spacial score (nSPS) is 13.8. The van der Waals surface area contributed by atoms with Crippen molar-refractivity contribution >= 4 is 5.69 Å². The molecule has 1 aromatic rings. The first-order valence-corrected chi connectivity index (χ1v) is 3.91. The highest BCUT2D eigenvalue weighted by Gasteiger charge is 2.05. The Balaban J connectivity index is 2.67. The van der Waals surface area contributed by atoms with Gasteiger partial charge in [-0.25, -0.2) is 0 Å². The number of hydrogen-bond acceptors (Lipinski definition) is 4. The number of nitro groups is 1. The Morgan fingerprint density at radius 2 is 1.92 bits per heavy atom. The van der Waals surface area contributed by atoms with Crippen LogP contribution in [0, 0.1) is 10.1 Å². The van der Waals surface area contributed by atoms with Gasteiger partial charge in [0.15, 0.2) is 0 Å². The van der Waals surface area contributed by atoms with E-state index in [1.54, 1.807) is 6.07 Å². The molecule has 5 nitrogen and oxygen atoms in total. The number of rotatable bonds is 1. The molecule has 5 heteroatoms. The molecular formula is C8H7N3O2. The van der Waals surface area contributed by atoms with Crippen LogP contribution >= 0.6 is 0 Å². The van der Waals surface area contributed by atoms with Crippen LogP contribution in [0.4, 0.5) is 5.69 Å². The molecule has 1 aliphatic rings. The van der Waals surface area contributed by atoms with Gasteiger partial charge >= 0.3 is 0 Å². The van der Waals surface area contributed by atoms with Gasteiger partial charge in [0.2, 0.25) is 0 Å². The lowest BCUT2D eigenvalue weighted by atomic mass is 10.3. The first-order chi connectivity index (χ1) is 6.27. The van der Waals surface area contributed by atoms with Crippen molar-refractivity contribution in [3.05, 3.63) is 39.0 Å². The predicted octanol–water partition coefficient (Wildman–Crippen LogP) is -0.152. The average Bonchev–Trinajstić information content (AvgIpc) is 2.17. The van der Waals surface area contributed by atoms with Gasteiger partial charge in [-0.1, -0.05) is 0 Å². The van der Waals surface area contributed by atoms with Crippen LogP contribution in [0.3, 0.4) is 0 Å². The fourth-order valence-electron chi connectivity index (χ4n) is 1.23. The van der Waals surface area contributed by atoms with Crippen LogP contribution in [0.1, 0.15) is 0 Å². The van der Waals surface area contributed by atoms with E-state index in [-0.39, 0.29) is 5.69 Å². The van der Waals surface area contributed by atoms with Gasteiger partial charge in [0, 0.05) is 12.1 Å². The number of hydrogen-bond donors (Lipinski definition) is 0. The van der Waals surface area contributed by atoms with Crippen LogP contribution in [0.15, 0.2) is 28.2 Å². The van der Waals surface area contributed by atoms with Crippen molar-refractivity contribution in [1.29, 1.82) is 0 Å². The maximum atomic E-state index is 10.4. The first kappa shape index (κ1) is 7.85. The van der Waals surface area contributed by atoms with E-state index in [0.717, 1.165) is 5.36 Å². The maximum absolute atomic E-state index is 10.4. The molecule has 0 saturated carbocycles. The van der Waals surface area contributed by atoms with E-state index in [9.17, 15) is 10.1 Å². The minimum atomic E-state index is -0.426. The second-order valence-electron chi connectivity index (χ2n) is 2.69. The number of nitrogens with zero attached hydrogens (tertiary/aromatic N) is 3. The first-order valence-electron chi connectivity index (χ1n) is 3.91. The fourth-order valence-corrected chi connectivity index (χ4v) is 1.23. The largest absolute Gasteiger partial charge is 0.281 e. The number of fused-ring (bicyclic) bond motifs is 1. The SMILES string of the molecule is O=[N+]([O-])c1ccc2c(c1)=NCCN=2. The van der Waals surface area contributed by atoms with Crippen LogP contribution in [0.25, 0.3) is 0 Å². The molecule has 0 spiro atoms. The molecule has 0 aliphatic carbocycles. The third kappa shape index (κ3) is 1.40. The van der Waals surface area contributed by atoms with Crippen molar-refractivity contribution in [2.75, 3.05) is 13.1 Å². The Kier molecular flexibility index (Phi) is 1.77. The molecule has 66 valence electrons. The third-order valence-electron chi connectivity index (χ3n) is 1.83. The molecule has 0 amide bonds. The number of non-ortho nitro benzene ring substituents is 1. The third-order valence-corrected chi connectivity index (χ3v) is 1.83. The van der Waals surface area contributed by atoms with Gasteiger partial charge in [0.05, 0.1) is 28.7 Å². The summed E-state index contributed by atoms with van der Waals surface area (Å²) in [7, 11) is 0. The van der Waals surface area contributed by atoms with E-state index in [0.29, 0.717) is 18.4 Å². The zero-order chi connectivity index (χ0) is 9.26.